The summed E-state index contributed by atoms with van der Waals surface area (Å²) in [4.78, 5) is 23.2. The van der Waals surface area contributed by atoms with Crippen molar-refractivity contribution in [3.63, 3.8) is 0 Å². The number of benzene rings is 1. The SMILES string of the molecule is COC(=O)CC(CC(=O)OC)c1cc2cc(C)cc(C)c2o1. The van der Waals surface area contributed by atoms with Crippen LogP contribution in [0.25, 0.3) is 11.0 Å². The standard InChI is InChI=1S/C17H20O5/c1-10-5-11(2)17-13(6-10)7-14(22-17)12(8-15(18)20-3)9-16(19)21-4/h5-7,12H,8-9H2,1-4H3. The summed E-state index contributed by atoms with van der Waals surface area (Å²) in [7, 11) is 2.65. The topological polar surface area (TPSA) is 65.7 Å². The highest BCUT2D eigenvalue weighted by Gasteiger charge is 2.24. The molecule has 5 heteroatoms. The average molecular weight is 304 g/mol. The summed E-state index contributed by atoms with van der Waals surface area (Å²) in [5.74, 6) is -0.573. The van der Waals surface area contributed by atoms with Crippen LogP contribution < -0.4 is 0 Å². The Kier molecular flexibility index (Phi) is 4.85. The van der Waals surface area contributed by atoms with Gasteiger partial charge in [0.25, 0.3) is 0 Å². The van der Waals surface area contributed by atoms with Crippen LogP contribution >= 0.6 is 0 Å². The van der Waals surface area contributed by atoms with Gasteiger partial charge in [0, 0.05) is 11.3 Å². The first-order valence-corrected chi connectivity index (χ1v) is 7.09. The van der Waals surface area contributed by atoms with Gasteiger partial charge >= 0.3 is 11.9 Å². The van der Waals surface area contributed by atoms with E-state index in [0.29, 0.717) is 5.76 Å². The van der Waals surface area contributed by atoms with Crippen LogP contribution in [-0.4, -0.2) is 26.2 Å². The molecule has 0 aliphatic rings. The summed E-state index contributed by atoms with van der Waals surface area (Å²) in [5, 5.41) is 0.965. The van der Waals surface area contributed by atoms with Gasteiger partial charge in [-0.25, -0.2) is 0 Å². The van der Waals surface area contributed by atoms with E-state index in [-0.39, 0.29) is 24.8 Å². The van der Waals surface area contributed by atoms with Crippen molar-refractivity contribution in [2.24, 2.45) is 0 Å². The second-order valence-corrected chi connectivity index (χ2v) is 5.41. The van der Waals surface area contributed by atoms with Crippen LogP contribution in [-0.2, 0) is 19.1 Å². The molecular weight excluding hydrogens is 284 g/mol. The van der Waals surface area contributed by atoms with Gasteiger partial charge in [0.05, 0.1) is 27.1 Å². The number of methoxy groups -OCH3 is 2. The summed E-state index contributed by atoms with van der Waals surface area (Å²) in [5.41, 5.74) is 2.94. The molecule has 0 radical (unpaired) electrons. The molecule has 2 rings (SSSR count). The molecule has 0 aliphatic carbocycles. The molecule has 0 bridgehead atoms. The molecule has 5 nitrogen and oxygen atoms in total. The molecule has 0 saturated heterocycles. The van der Waals surface area contributed by atoms with Crippen LogP contribution in [0.1, 0.15) is 35.6 Å². The Hall–Kier alpha value is -2.30. The molecule has 118 valence electrons. The highest BCUT2D eigenvalue weighted by atomic mass is 16.5. The number of hydrogen-bond acceptors (Lipinski definition) is 5. The van der Waals surface area contributed by atoms with Crippen LogP contribution in [0.4, 0.5) is 0 Å². The fourth-order valence-corrected chi connectivity index (χ4v) is 2.58. The first kappa shape index (κ1) is 16.1. The molecule has 0 unspecified atom stereocenters. The van der Waals surface area contributed by atoms with E-state index in [1.165, 1.54) is 14.2 Å². The molecule has 0 amide bonds. The zero-order valence-electron chi connectivity index (χ0n) is 13.3. The Morgan fingerprint density at radius 3 is 2.18 bits per heavy atom. The maximum Gasteiger partial charge on any atom is 0.306 e. The summed E-state index contributed by atoms with van der Waals surface area (Å²) >= 11 is 0. The molecule has 22 heavy (non-hydrogen) atoms. The third-order valence-corrected chi connectivity index (χ3v) is 3.65. The molecule has 0 N–H and O–H groups in total. The number of carbonyl (C=O) groups is 2. The van der Waals surface area contributed by atoms with Gasteiger partial charge in [-0.3, -0.25) is 9.59 Å². The van der Waals surface area contributed by atoms with Crippen molar-refractivity contribution in [1.29, 1.82) is 0 Å². The van der Waals surface area contributed by atoms with E-state index >= 15 is 0 Å². The first-order valence-electron chi connectivity index (χ1n) is 7.09. The molecule has 1 aromatic heterocycles. The third kappa shape index (κ3) is 3.47. The normalized spacial score (nSPS) is 11.0. The fourth-order valence-electron chi connectivity index (χ4n) is 2.58. The third-order valence-electron chi connectivity index (χ3n) is 3.65. The summed E-state index contributed by atoms with van der Waals surface area (Å²) in [6.07, 6.45) is 0.146. The van der Waals surface area contributed by atoms with Gasteiger partial charge in [0.2, 0.25) is 0 Å². The monoisotopic (exact) mass is 304 g/mol. The van der Waals surface area contributed by atoms with E-state index in [1.807, 2.05) is 32.0 Å². The molecule has 0 spiro atoms. The molecule has 0 saturated carbocycles. The van der Waals surface area contributed by atoms with Gasteiger partial charge < -0.3 is 13.9 Å². The van der Waals surface area contributed by atoms with Crippen LogP contribution in [0, 0.1) is 13.8 Å². The fraction of sp³-hybridized carbons (Fsp3) is 0.412. The van der Waals surface area contributed by atoms with E-state index in [9.17, 15) is 9.59 Å². The van der Waals surface area contributed by atoms with Crippen molar-refractivity contribution < 1.29 is 23.5 Å². The smallest absolute Gasteiger partial charge is 0.306 e. The lowest BCUT2D eigenvalue weighted by Gasteiger charge is -2.11. The van der Waals surface area contributed by atoms with Gasteiger partial charge in [-0.15, -0.1) is 0 Å². The van der Waals surface area contributed by atoms with Crippen molar-refractivity contribution in [2.45, 2.75) is 32.6 Å². The van der Waals surface area contributed by atoms with Gasteiger partial charge in [-0.05, 0) is 31.5 Å². The van der Waals surface area contributed by atoms with E-state index in [4.69, 9.17) is 13.9 Å². The number of furan rings is 1. The van der Waals surface area contributed by atoms with E-state index in [1.54, 1.807) is 0 Å². The maximum atomic E-state index is 11.6. The lowest BCUT2D eigenvalue weighted by Crippen LogP contribution is -2.13. The average Bonchev–Trinajstić information content (AvgIpc) is 2.90. The molecule has 1 heterocycles. The van der Waals surface area contributed by atoms with Gasteiger partial charge in [-0.2, -0.15) is 0 Å². The Morgan fingerprint density at radius 2 is 1.64 bits per heavy atom. The number of fused-ring (bicyclic) bond motifs is 1. The Balaban J connectivity index is 2.39. The minimum Gasteiger partial charge on any atom is -0.469 e. The van der Waals surface area contributed by atoms with Crippen molar-refractivity contribution in [1.82, 2.24) is 0 Å². The zero-order valence-corrected chi connectivity index (χ0v) is 13.3. The van der Waals surface area contributed by atoms with Crippen LogP contribution in [0.15, 0.2) is 22.6 Å². The van der Waals surface area contributed by atoms with E-state index < -0.39 is 5.92 Å². The van der Waals surface area contributed by atoms with Gasteiger partial charge in [0.1, 0.15) is 11.3 Å². The van der Waals surface area contributed by atoms with E-state index in [2.05, 4.69) is 0 Å². The summed E-state index contributed by atoms with van der Waals surface area (Å²) in [6, 6.07) is 5.93. The lowest BCUT2D eigenvalue weighted by atomic mass is 9.98. The van der Waals surface area contributed by atoms with Crippen LogP contribution in [0.5, 0.6) is 0 Å². The van der Waals surface area contributed by atoms with E-state index in [0.717, 1.165) is 22.1 Å². The number of esters is 2. The molecule has 0 fully saturated rings. The summed E-state index contributed by atoms with van der Waals surface area (Å²) < 4.78 is 15.3. The molecule has 1 aromatic carbocycles. The molecule has 0 atom stereocenters. The minimum atomic E-state index is -0.396. The van der Waals surface area contributed by atoms with Crippen LogP contribution in [0.2, 0.25) is 0 Å². The molecule has 2 aromatic rings. The largest absolute Gasteiger partial charge is 0.469 e. The predicted octanol–water partition coefficient (Wildman–Crippen LogP) is 3.26. The quantitative estimate of drug-likeness (QED) is 0.793. The number of rotatable bonds is 5. The number of aryl methyl sites for hydroxylation is 2. The first-order chi connectivity index (χ1) is 10.4. The number of ether oxygens (including phenoxy) is 2. The Labute approximate surface area is 129 Å². The maximum absolute atomic E-state index is 11.6. The molecule has 0 aliphatic heterocycles. The highest BCUT2D eigenvalue weighted by Crippen LogP contribution is 2.32. The Morgan fingerprint density at radius 1 is 1.05 bits per heavy atom. The lowest BCUT2D eigenvalue weighted by molar-refractivity contribution is -0.143. The highest BCUT2D eigenvalue weighted by molar-refractivity contribution is 5.82. The second-order valence-electron chi connectivity index (χ2n) is 5.41. The number of carbonyl (C=O) groups excluding carboxylic acids is 2. The Bertz CT molecular complexity index is 680. The summed E-state index contributed by atoms with van der Waals surface area (Å²) in [6.45, 7) is 3.98. The predicted molar refractivity (Wildman–Crippen MR) is 81.7 cm³/mol. The van der Waals surface area contributed by atoms with Gasteiger partial charge in [-0.1, -0.05) is 11.6 Å². The van der Waals surface area contributed by atoms with Crippen LogP contribution in [0.3, 0.4) is 0 Å². The van der Waals surface area contributed by atoms with Crippen molar-refractivity contribution in [3.05, 3.63) is 35.1 Å². The second kappa shape index (κ2) is 6.64. The minimum absolute atomic E-state index is 0.0729. The van der Waals surface area contributed by atoms with Crippen molar-refractivity contribution >= 4 is 22.9 Å². The van der Waals surface area contributed by atoms with Crippen molar-refractivity contribution in [2.75, 3.05) is 14.2 Å². The van der Waals surface area contributed by atoms with Crippen molar-refractivity contribution in [3.8, 4) is 0 Å². The molecular formula is C17H20O5. The van der Waals surface area contributed by atoms with Gasteiger partial charge in [0.15, 0.2) is 0 Å². The number of hydrogen-bond donors (Lipinski definition) is 0. The zero-order chi connectivity index (χ0) is 16.3.